The number of imidazole rings is 1. The number of benzene rings is 2. The molecule has 2 aromatic heterocycles. The molecule has 0 fully saturated rings. The molecule has 0 spiro atoms. The third kappa shape index (κ3) is 4.67. The van der Waals surface area contributed by atoms with Crippen LogP contribution < -0.4 is 4.90 Å². The summed E-state index contributed by atoms with van der Waals surface area (Å²) in [5.74, 6) is -1.53. The Balaban J connectivity index is 1.48. The van der Waals surface area contributed by atoms with Gasteiger partial charge in [-0.3, -0.25) is 4.79 Å². The molecule has 12 heteroatoms. The Kier molecular flexibility index (Phi) is 5.99. The summed E-state index contributed by atoms with van der Waals surface area (Å²) in [6.07, 6.45) is 0.193. The Hall–Kier alpha value is -4.53. The van der Waals surface area contributed by atoms with Crippen molar-refractivity contribution in [2.24, 2.45) is 0 Å². The lowest BCUT2D eigenvalue weighted by molar-refractivity contribution is -0.134. The Bertz CT molecular complexity index is 1530. The molecule has 0 saturated heterocycles. The third-order valence-electron chi connectivity index (χ3n) is 6.17. The van der Waals surface area contributed by atoms with Crippen LogP contribution in [0.4, 0.5) is 23.2 Å². The Morgan fingerprint density at radius 2 is 1.97 bits per heavy atom. The summed E-state index contributed by atoms with van der Waals surface area (Å²) in [7, 11) is 0. The van der Waals surface area contributed by atoms with Crippen LogP contribution in [0.2, 0.25) is 0 Å². The largest absolute Gasteiger partial charge is 0.406 e. The van der Waals surface area contributed by atoms with E-state index in [9.17, 15) is 27.6 Å². The number of nitriles is 1. The van der Waals surface area contributed by atoms with Gasteiger partial charge in [-0.15, -0.1) is 5.10 Å². The number of halogens is 4. The van der Waals surface area contributed by atoms with Gasteiger partial charge >= 0.3 is 6.18 Å². The van der Waals surface area contributed by atoms with Crippen LogP contribution in [0.5, 0.6) is 0 Å². The van der Waals surface area contributed by atoms with E-state index in [2.05, 4.69) is 21.4 Å². The van der Waals surface area contributed by atoms with Crippen molar-refractivity contribution in [3.05, 3.63) is 77.8 Å². The highest BCUT2D eigenvalue weighted by Crippen LogP contribution is 2.35. The zero-order valence-electron chi connectivity index (χ0n) is 19.4. The number of hydrogen-bond donors (Lipinski definition) is 0. The van der Waals surface area contributed by atoms with Gasteiger partial charge in [0.15, 0.2) is 0 Å². The Morgan fingerprint density at radius 1 is 1.16 bits per heavy atom. The second-order valence-corrected chi connectivity index (χ2v) is 8.68. The predicted molar refractivity (Wildman–Crippen MR) is 124 cm³/mol. The number of fused-ring (bicyclic) bond motifs is 1. The van der Waals surface area contributed by atoms with Crippen LogP contribution in [0.1, 0.15) is 29.3 Å². The van der Waals surface area contributed by atoms with Crippen molar-refractivity contribution < 1.29 is 22.4 Å². The highest BCUT2D eigenvalue weighted by atomic mass is 19.4. The molecule has 4 aromatic rings. The van der Waals surface area contributed by atoms with Gasteiger partial charge in [0.1, 0.15) is 30.2 Å². The summed E-state index contributed by atoms with van der Waals surface area (Å²) in [6, 6.07) is 9.80. The predicted octanol–water partition coefficient (Wildman–Crippen LogP) is 4.53. The lowest BCUT2D eigenvalue weighted by atomic mass is 10.1. The fraction of sp³-hybridized carbons (Fsp3) is 0.240. The SMILES string of the molecule is Cc1cn(-c2ccc(-c3cn([C@@H]4CCc5c(F)cccc5N(CC(F)(F)F)C4=O)nn3)cc2C#N)cn1. The maximum atomic E-state index is 14.5. The number of rotatable bonds is 4. The van der Waals surface area contributed by atoms with Gasteiger partial charge in [0.2, 0.25) is 0 Å². The van der Waals surface area contributed by atoms with E-state index >= 15 is 0 Å². The van der Waals surface area contributed by atoms with E-state index in [4.69, 9.17) is 0 Å². The normalized spacial score (nSPS) is 15.8. The minimum absolute atomic E-state index is 0.0340. The standard InChI is InChI=1S/C25H19F4N7O/c1-15-11-34(14-31-15)21-7-5-16(9-17(21)10-30)20-12-36(33-32-20)23-8-6-18-19(26)3-2-4-22(18)35(24(23)37)13-25(27,28)29/h2-5,7,9,11-12,14,23H,6,8,13H2,1H3/t23-/m1/s1. The number of carbonyl (C=O) groups excluding carboxylic acids is 1. The average Bonchev–Trinajstić information content (AvgIpc) is 3.49. The van der Waals surface area contributed by atoms with Gasteiger partial charge in [-0.2, -0.15) is 18.4 Å². The minimum Gasteiger partial charge on any atom is -0.305 e. The molecule has 1 aliphatic heterocycles. The zero-order chi connectivity index (χ0) is 26.3. The molecule has 0 unspecified atom stereocenters. The molecule has 188 valence electrons. The lowest BCUT2D eigenvalue weighted by Crippen LogP contribution is -2.42. The summed E-state index contributed by atoms with van der Waals surface area (Å²) in [5.41, 5.74) is 2.55. The zero-order valence-corrected chi connectivity index (χ0v) is 19.4. The maximum Gasteiger partial charge on any atom is 0.406 e. The highest BCUT2D eigenvalue weighted by molar-refractivity contribution is 5.97. The van der Waals surface area contributed by atoms with E-state index in [0.717, 1.165) is 11.8 Å². The molecule has 0 radical (unpaired) electrons. The summed E-state index contributed by atoms with van der Waals surface area (Å²) in [4.78, 5) is 18.0. The van der Waals surface area contributed by atoms with Crippen LogP contribution in [-0.4, -0.2) is 43.2 Å². The smallest absolute Gasteiger partial charge is 0.305 e. The van der Waals surface area contributed by atoms with Crippen LogP contribution in [-0.2, 0) is 11.2 Å². The van der Waals surface area contributed by atoms with Crippen molar-refractivity contribution >= 4 is 11.6 Å². The van der Waals surface area contributed by atoms with Crippen LogP contribution in [0.25, 0.3) is 16.9 Å². The molecule has 3 heterocycles. The van der Waals surface area contributed by atoms with E-state index in [1.54, 1.807) is 35.3 Å². The second-order valence-electron chi connectivity index (χ2n) is 8.68. The van der Waals surface area contributed by atoms with E-state index < -0.39 is 30.5 Å². The molecule has 0 bridgehead atoms. The third-order valence-corrected chi connectivity index (χ3v) is 6.17. The molecule has 37 heavy (non-hydrogen) atoms. The lowest BCUT2D eigenvalue weighted by Gasteiger charge is -2.26. The van der Waals surface area contributed by atoms with Crippen molar-refractivity contribution in [1.29, 1.82) is 5.26 Å². The van der Waals surface area contributed by atoms with Crippen molar-refractivity contribution in [3.8, 4) is 23.0 Å². The quantitative estimate of drug-likeness (QED) is 0.377. The molecule has 0 saturated carbocycles. The number of hydrogen-bond acceptors (Lipinski definition) is 5. The van der Waals surface area contributed by atoms with E-state index in [1.165, 1.54) is 23.0 Å². The number of carbonyl (C=O) groups is 1. The van der Waals surface area contributed by atoms with Gasteiger partial charge in [-0.25, -0.2) is 14.1 Å². The molecule has 1 amide bonds. The van der Waals surface area contributed by atoms with Crippen molar-refractivity contribution in [2.45, 2.75) is 32.0 Å². The summed E-state index contributed by atoms with van der Waals surface area (Å²) < 4.78 is 57.5. The molecule has 1 atom stereocenters. The van der Waals surface area contributed by atoms with Crippen LogP contribution >= 0.6 is 0 Å². The molecular formula is C25H19F4N7O. The van der Waals surface area contributed by atoms with Crippen molar-refractivity contribution in [3.63, 3.8) is 0 Å². The Morgan fingerprint density at radius 3 is 2.68 bits per heavy atom. The molecule has 0 aliphatic carbocycles. The molecular weight excluding hydrogens is 490 g/mol. The number of anilines is 1. The summed E-state index contributed by atoms with van der Waals surface area (Å²) in [5, 5.41) is 17.8. The first-order chi connectivity index (χ1) is 17.6. The summed E-state index contributed by atoms with van der Waals surface area (Å²) in [6.45, 7) is 0.272. The average molecular weight is 509 g/mol. The first kappa shape index (κ1) is 24.2. The van der Waals surface area contributed by atoms with Crippen molar-refractivity contribution in [1.82, 2.24) is 24.5 Å². The number of alkyl halides is 3. The Labute approximate surface area is 208 Å². The number of aromatic nitrogens is 5. The first-order valence-electron chi connectivity index (χ1n) is 11.3. The maximum absolute atomic E-state index is 14.5. The van der Waals surface area contributed by atoms with Gasteiger partial charge in [0, 0.05) is 17.3 Å². The monoisotopic (exact) mass is 509 g/mol. The van der Waals surface area contributed by atoms with E-state index in [0.29, 0.717) is 27.4 Å². The fourth-order valence-electron chi connectivity index (χ4n) is 4.46. The molecule has 5 rings (SSSR count). The van der Waals surface area contributed by atoms with Gasteiger partial charge in [0.25, 0.3) is 5.91 Å². The second kappa shape index (κ2) is 9.16. The van der Waals surface area contributed by atoms with Crippen LogP contribution in [0, 0.1) is 24.1 Å². The first-order valence-corrected chi connectivity index (χ1v) is 11.3. The van der Waals surface area contributed by atoms with E-state index in [1.807, 2.05) is 6.92 Å². The van der Waals surface area contributed by atoms with E-state index in [-0.39, 0.29) is 24.1 Å². The van der Waals surface area contributed by atoms with Crippen molar-refractivity contribution in [2.75, 3.05) is 11.4 Å². The molecule has 0 N–H and O–H groups in total. The summed E-state index contributed by atoms with van der Waals surface area (Å²) >= 11 is 0. The van der Waals surface area contributed by atoms with Crippen LogP contribution in [0.15, 0.2) is 55.1 Å². The molecule has 2 aromatic carbocycles. The van der Waals surface area contributed by atoms with Gasteiger partial charge in [-0.05, 0) is 44.0 Å². The number of nitrogens with zero attached hydrogens (tertiary/aromatic N) is 7. The fourth-order valence-corrected chi connectivity index (χ4v) is 4.46. The van der Waals surface area contributed by atoms with Gasteiger partial charge in [0.05, 0.1) is 35.2 Å². The van der Waals surface area contributed by atoms with Gasteiger partial charge < -0.3 is 9.47 Å². The minimum atomic E-state index is -4.69. The molecule has 1 aliphatic rings. The topological polar surface area (TPSA) is 92.6 Å². The van der Waals surface area contributed by atoms with Gasteiger partial charge in [-0.1, -0.05) is 17.3 Å². The molecule has 8 nitrogen and oxygen atoms in total. The number of amides is 1. The highest BCUT2D eigenvalue weighted by Gasteiger charge is 2.40. The van der Waals surface area contributed by atoms with Crippen LogP contribution in [0.3, 0.4) is 0 Å². The number of aryl methyl sites for hydroxylation is 1.